The van der Waals surface area contributed by atoms with Crippen LogP contribution in [0.4, 0.5) is 0 Å². The highest BCUT2D eigenvalue weighted by molar-refractivity contribution is 5.78. The lowest BCUT2D eigenvalue weighted by atomic mass is 9.95. The molecule has 0 saturated heterocycles. The molecule has 4 rings (SSSR count). The second-order valence-corrected chi connectivity index (χ2v) is 7.62. The fraction of sp³-hybridized carbons (Fsp3) is 0.143. The molecule has 1 aromatic heterocycles. The number of rotatable bonds is 5. The van der Waals surface area contributed by atoms with Gasteiger partial charge in [0.05, 0.1) is 11.4 Å². The van der Waals surface area contributed by atoms with Crippen molar-refractivity contribution in [3.63, 3.8) is 0 Å². The van der Waals surface area contributed by atoms with Crippen molar-refractivity contribution in [3.05, 3.63) is 102 Å². The van der Waals surface area contributed by atoms with Crippen LogP contribution < -0.4 is 0 Å². The number of allylic oxidation sites excluding steroid dienone is 1. The van der Waals surface area contributed by atoms with Crippen LogP contribution in [0.15, 0.2) is 85.4 Å². The van der Waals surface area contributed by atoms with E-state index in [1.165, 1.54) is 11.1 Å². The zero-order valence-electron chi connectivity index (χ0n) is 17.8. The summed E-state index contributed by atoms with van der Waals surface area (Å²) in [6, 6.07) is 27.2. The van der Waals surface area contributed by atoms with E-state index in [4.69, 9.17) is 9.97 Å². The molecule has 30 heavy (non-hydrogen) atoms. The van der Waals surface area contributed by atoms with E-state index in [1.807, 2.05) is 13.0 Å². The third-order valence-corrected chi connectivity index (χ3v) is 5.44. The van der Waals surface area contributed by atoms with Crippen LogP contribution in [0.25, 0.3) is 39.5 Å². The van der Waals surface area contributed by atoms with Crippen LogP contribution in [-0.4, -0.2) is 9.97 Å². The number of benzene rings is 3. The molecule has 0 aliphatic rings. The van der Waals surface area contributed by atoms with Crippen molar-refractivity contribution in [2.24, 2.45) is 0 Å². The van der Waals surface area contributed by atoms with Crippen LogP contribution in [0.2, 0.25) is 0 Å². The molecule has 0 aliphatic heterocycles. The quantitative estimate of drug-likeness (QED) is 0.355. The van der Waals surface area contributed by atoms with Crippen LogP contribution >= 0.6 is 0 Å². The van der Waals surface area contributed by atoms with Gasteiger partial charge in [0.2, 0.25) is 0 Å². The van der Waals surface area contributed by atoms with E-state index in [0.717, 1.165) is 51.5 Å². The predicted molar refractivity (Wildman–Crippen MR) is 127 cm³/mol. The van der Waals surface area contributed by atoms with E-state index < -0.39 is 0 Å². The monoisotopic (exact) mass is 390 g/mol. The van der Waals surface area contributed by atoms with Crippen LogP contribution in [0.5, 0.6) is 0 Å². The fourth-order valence-corrected chi connectivity index (χ4v) is 3.75. The second kappa shape index (κ2) is 8.46. The van der Waals surface area contributed by atoms with E-state index in [1.54, 1.807) is 0 Å². The average Bonchev–Trinajstić information content (AvgIpc) is 2.79. The van der Waals surface area contributed by atoms with Crippen molar-refractivity contribution >= 4 is 5.57 Å². The Morgan fingerprint density at radius 3 is 2.03 bits per heavy atom. The van der Waals surface area contributed by atoms with Crippen molar-refractivity contribution in [3.8, 4) is 33.9 Å². The number of nitrogens with zero attached hydrogens (tertiary/aromatic N) is 2. The molecule has 0 radical (unpaired) electrons. The molecule has 0 spiro atoms. The Kier molecular flexibility index (Phi) is 5.58. The maximum Gasteiger partial charge on any atom is 0.160 e. The Balaban J connectivity index is 1.98. The molecule has 0 atom stereocenters. The SMILES string of the molecule is C=C(C)c1ccc(-c2nc(-c3ccccc3)c(CC)c(-c3ccccc3C)n2)cc1. The highest BCUT2D eigenvalue weighted by Gasteiger charge is 2.18. The molecule has 4 aromatic rings. The van der Waals surface area contributed by atoms with E-state index in [-0.39, 0.29) is 0 Å². The first kappa shape index (κ1) is 19.8. The standard InChI is InChI=1S/C28H26N2/c1-5-24-26(22-12-7-6-8-13-22)29-28(23-17-15-21(16-18-23)19(2)3)30-27(24)25-14-10-9-11-20(25)4/h6-18H,2,5H2,1,3-4H3. The van der Waals surface area contributed by atoms with Gasteiger partial charge < -0.3 is 0 Å². The molecule has 3 aromatic carbocycles. The minimum Gasteiger partial charge on any atom is -0.228 e. The van der Waals surface area contributed by atoms with Gasteiger partial charge in [0.15, 0.2) is 5.82 Å². The Morgan fingerprint density at radius 2 is 1.40 bits per heavy atom. The Bertz CT molecular complexity index is 1190. The van der Waals surface area contributed by atoms with Crippen LogP contribution in [-0.2, 0) is 6.42 Å². The van der Waals surface area contributed by atoms with Crippen molar-refractivity contribution < 1.29 is 0 Å². The zero-order chi connectivity index (χ0) is 21.1. The zero-order valence-corrected chi connectivity index (χ0v) is 17.8. The van der Waals surface area contributed by atoms with Gasteiger partial charge in [-0.25, -0.2) is 9.97 Å². The first-order valence-corrected chi connectivity index (χ1v) is 10.4. The number of aryl methyl sites for hydroxylation is 1. The Labute approximate surface area is 179 Å². The molecule has 0 saturated carbocycles. The molecular weight excluding hydrogens is 364 g/mol. The van der Waals surface area contributed by atoms with Gasteiger partial charge in [0.1, 0.15) is 0 Å². The molecule has 148 valence electrons. The summed E-state index contributed by atoms with van der Waals surface area (Å²) in [4.78, 5) is 10.1. The summed E-state index contributed by atoms with van der Waals surface area (Å²) in [5.74, 6) is 0.748. The molecule has 2 nitrogen and oxygen atoms in total. The molecule has 1 heterocycles. The largest absolute Gasteiger partial charge is 0.228 e. The fourth-order valence-electron chi connectivity index (χ4n) is 3.75. The lowest BCUT2D eigenvalue weighted by molar-refractivity contribution is 1.06. The van der Waals surface area contributed by atoms with Crippen LogP contribution in [0.1, 0.15) is 30.5 Å². The van der Waals surface area contributed by atoms with Gasteiger partial charge in [-0.15, -0.1) is 0 Å². The smallest absolute Gasteiger partial charge is 0.160 e. The lowest BCUT2D eigenvalue weighted by Crippen LogP contribution is -2.03. The molecule has 2 heteroatoms. The number of hydrogen-bond donors (Lipinski definition) is 0. The maximum absolute atomic E-state index is 5.07. The van der Waals surface area contributed by atoms with E-state index in [2.05, 4.69) is 93.2 Å². The minimum absolute atomic E-state index is 0.748. The highest BCUT2D eigenvalue weighted by Crippen LogP contribution is 2.34. The molecular formula is C28H26N2. The van der Waals surface area contributed by atoms with Crippen molar-refractivity contribution in [2.75, 3.05) is 0 Å². The lowest BCUT2D eigenvalue weighted by Gasteiger charge is -2.16. The van der Waals surface area contributed by atoms with Gasteiger partial charge in [0, 0.05) is 22.3 Å². The van der Waals surface area contributed by atoms with E-state index in [9.17, 15) is 0 Å². The summed E-state index contributed by atoms with van der Waals surface area (Å²) in [7, 11) is 0. The number of aromatic nitrogens is 2. The Hall–Kier alpha value is -3.52. The topological polar surface area (TPSA) is 25.8 Å². The Morgan fingerprint density at radius 1 is 0.767 bits per heavy atom. The van der Waals surface area contributed by atoms with Gasteiger partial charge in [-0.1, -0.05) is 97.9 Å². The van der Waals surface area contributed by atoms with Gasteiger partial charge in [-0.05, 0) is 31.4 Å². The first-order valence-electron chi connectivity index (χ1n) is 10.4. The molecule has 0 fully saturated rings. The van der Waals surface area contributed by atoms with Crippen molar-refractivity contribution in [1.82, 2.24) is 9.97 Å². The minimum atomic E-state index is 0.748. The molecule has 0 aliphatic carbocycles. The summed E-state index contributed by atoms with van der Waals surface area (Å²) >= 11 is 0. The van der Waals surface area contributed by atoms with E-state index in [0.29, 0.717) is 0 Å². The summed E-state index contributed by atoms with van der Waals surface area (Å²) < 4.78 is 0. The van der Waals surface area contributed by atoms with Gasteiger partial charge in [-0.2, -0.15) is 0 Å². The second-order valence-electron chi connectivity index (χ2n) is 7.62. The first-order chi connectivity index (χ1) is 14.6. The summed E-state index contributed by atoms with van der Waals surface area (Å²) in [6.07, 6.45) is 0.864. The summed E-state index contributed by atoms with van der Waals surface area (Å²) in [5.41, 5.74) is 9.88. The van der Waals surface area contributed by atoms with Crippen molar-refractivity contribution in [2.45, 2.75) is 27.2 Å². The van der Waals surface area contributed by atoms with Gasteiger partial charge in [0.25, 0.3) is 0 Å². The maximum atomic E-state index is 5.07. The van der Waals surface area contributed by atoms with Crippen LogP contribution in [0.3, 0.4) is 0 Å². The molecule has 0 unspecified atom stereocenters. The highest BCUT2D eigenvalue weighted by atomic mass is 14.9. The number of hydrogen-bond acceptors (Lipinski definition) is 2. The molecule has 0 amide bonds. The predicted octanol–water partition coefficient (Wildman–Crippen LogP) is 7.38. The van der Waals surface area contributed by atoms with E-state index >= 15 is 0 Å². The van der Waals surface area contributed by atoms with Crippen LogP contribution in [0, 0.1) is 6.92 Å². The molecule has 0 N–H and O–H groups in total. The van der Waals surface area contributed by atoms with Gasteiger partial charge >= 0.3 is 0 Å². The third-order valence-electron chi connectivity index (χ3n) is 5.44. The van der Waals surface area contributed by atoms with Gasteiger partial charge in [-0.3, -0.25) is 0 Å². The average molecular weight is 391 g/mol. The normalized spacial score (nSPS) is 10.8. The summed E-state index contributed by atoms with van der Waals surface area (Å²) in [6.45, 7) is 10.4. The molecule has 0 bridgehead atoms. The van der Waals surface area contributed by atoms with Crippen molar-refractivity contribution in [1.29, 1.82) is 0 Å². The third kappa shape index (κ3) is 3.81. The summed E-state index contributed by atoms with van der Waals surface area (Å²) in [5, 5.41) is 0.